The number of hydrogen-bond acceptors (Lipinski definition) is 3. The molecule has 1 fully saturated rings. The van der Waals surface area contributed by atoms with Crippen molar-refractivity contribution in [2.75, 3.05) is 16.8 Å². The summed E-state index contributed by atoms with van der Waals surface area (Å²) in [5.41, 5.74) is 1.66. The average Bonchev–Trinajstić information content (AvgIpc) is 2.57. The average molecular weight is 310 g/mol. The standard InChI is InChI=1S/C18H18N2O3/c21-16-6-2-1-5-15(16)19-18(23)13-8-10-14(11-9-13)20-12-4-3-7-17(20)22/h1-2,5-6,8-11,21H,3-4,7,12H2,(H,19,23). The summed E-state index contributed by atoms with van der Waals surface area (Å²) in [6, 6.07) is 13.5. The molecule has 118 valence electrons. The fourth-order valence-corrected chi connectivity index (χ4v) is 2.65. The Balaban J connectivity index is 1.73. The number of carbonyl (C=O) groups is 2. The molecule has 5 nitrogen and oxygen atoms in total. The summed E-state index contributed by atoms with van der Waals surface area (Å²) in [6.45, 7) is 0.724. The lowest BCUT2D eigenvalue weighted by Gasteiger charge is -2.26. The van der Waals surface area contributed by atoms with Crippen LogP contribution >= 0.6 is 0 Å². The molecule has 2 aromatic rings. The second kappa shape index (κ2) is 6.52. The lowest BCUT2D eigenvalue weighted by molar-refractivity contribution is -0.119. The van der Waals surface area contributed by atoms with Gasteiger partial charge >= 0.3 is 0 Å². The number of piperidine rings is 1. The number of anilines is 2. The monoisotopic (exact) mass is 310 g/mol. The van der Waals surface area contributed by atoms with E-state index in [1.165, 1.54) is 6.07 Å². The number of nitrogens with one attached hydrogen (secondary N) is 1. The van der Waals surface area contributed by atoms with Crippen LogP contribution in [0, 0.1) is 0 Å². The molecular weight excluding hydrogens is 292 g/mol. The second-order valence-corrected chi connectivity index (χ2v) is 5.52. The van der Waals surface area contributed by atoms with Gasteiger partial charge in [0.15, 0.2) is 0 Å². The van der Waals surface area contributed by atoms with Gasteiger partial charge in [0, 0.05) is 24.2 Å². The number of phenols is 1. The predicted octanol–water partition coefficient (Wildman–Crippen LogP) is 3.16. The Kier molecular flexibility index (Phi) is 4.28. The number of para-hydroxylation sites is 2. The Morgan fingerprint density at radius 1 is 1.04 bits per heavy atom. The van der Waals surface area contributed by atoms with Gasteiger partial charge in [0.2, 0.25) is 5.91 Å². The summed E-state index contributed by atoms with van der Waals surface area (Å²) < 4.78 is 0. The summed E-state index contributed by atoms with van der Waals surface area (Å²) in [5.74, 6) is -0.151. The van der Waals surface area contributed by atoms with Crippen molar-refractivity contribution in [3.05, 3.63) is 54.1 Å². The van der Waals surface area contributed by atoms with Gasteiger partial charge in [-0.15, -0.1) is 0 Å². The molecule has 23 heavy (non-hydrogen) atoms. The second-order valence-electron chi connectivity index (χ2n) is 5.52. The van der Waals surface area contributed by atoms with Crippen molar-refractivity contribution in [1.82, 2.24) is 0 Å². The zero-order valence-corrected chi connectivity index (χ0v) is 12.7. The maximum Gasteiger partial charge on any atom is 0.255 e. The van der Waals surface area contributed by atoms with E-state index in [4.69, 9.17) is 0 Å². The molecule has 1 heterocycles. The van der Waals surface area contributed by atoms with Crippen LogP contribution in [0.3, 0.4) is 0 Å². The number of carbonyl (C=O) groups excluding carboxylic acids is 2. The molecule has 0 spiro atoms. The molecule has 1 aliphatic heterocycles. The number of rotatable bonds is 3. The quantitative estimate of drug-likeness (QED) is 0.856. The highest BCUT2D eigenvalue weighted by molar-refractivity contribution is 6.05. The van der Waals surface area contributed by atoms with Crippen LogP contribution in [0.15, 0.2) is 48.5 Å². The van der Waals surface area contributed by atoms with Crippen molar-refractivity contribution < 1.29 is 14.7 Å². The van der Waals surface area contributed by atoms with Crippen LogP contribution in [0.5, 0.6) is 5.75 Å². The molecule has 0 aromatic heterocycles. The SMILES string of the molecule is O=C(Nc1ccccc1O)c1ccc(N2CCCCC2=O)cc1. The summed E-state index contributed by atoms with van der Waals surface area (Å²) in [7, 11) is 0. The highest BCUT2D eigenvalue weighted by Gasteiger charge is 2.19. The molecule has 0 unspecified atom stereocenters. The van der Waals surface area contributed by atoms with Crippen LogP contribution in [-0.4, -0.2) is 23.5 Å². The first kappa shape index (κ1) is 15.1. The van der Waals surface area contributed by atoms with E-state index in [0.717, 1.165) is 25.1 Å². The van der Waals surface area contributed by atoms with Crippen molar-refractivity contribution in [3.8, 4) is 5.75 Å². The fourth-order valence-electron chi connectivity index (χ4n) is 2.65. The zero-order valence-electron chi connectivity index (χ0n) is 12.7. The molecule has 1 saturated heterocycles. The topological polar surface area (TPSA) is 69.6 Å². The van der Waals surface area contributed by atoms with Gasteiger partial charge in [-0.3, -0.25) is 9.59 Å². The van der Waals surface area contributed by atoms with Gasteiger partial charge in [-0.2, -0.15) is 0 Å². The van der Waals surface area contributed by atoms with E-state index >= 15 is 0 Å². The minimum atomic E-state index is -0.303. The van der Waals surface area contributed by atoms with Gasteiger partial charge in [0.05, 0.1) is 5.69 Å². The van der Waals surface area contributed by atoms with Gasteiger partial charge in [0.25, 0.3) is 5.91 Å². The molecule has 1 aliphatic rings. The minimum Gasteiger partial charge on any atom is -0.506 e. The van der Waals surface area contributed by atoms with Gasteiger partial charge in [-0.1, -0.05) is 12.1 Å². The van der Waals surface area contributed by atoms with Gasteiger partial charge in [0.1, 0.15) is 5.75 Å². The summed E-state index contributed by atoms with van der Waals surface area (Å²) in [6.07, 6.45) is 2.52. The van der Waals surface area contributed by atoms with Crippen LogP contribution < -0.4 is 10.2 Å². The number of phenolic OH excluding ortho intramolecular Hbond substituents is 1. The Morgan fingerprint density at radius 3 is 2.48 bits per heavy atom. The summed E-state index contributed by atoms with van der Waals surface area (Å²) in [4.78, 5) is 25.9. The fraction of sp³-hybridized carbons (Fsp3) is 0.222. The minimum absolute atomic E-state index is 0.0244. The molecule has 2 N–H and O–H groups in total. The van der Waals surface area contributed by atoms with E-state index in [0.29, 0.717) is 17.7 Å². The first-order valence-electron chi connectivity index (χ1n) is 7.65. The molecule has 3 rings (SSSR count). The molecule has 0 atom stereocenters. The Morgan fingerprint density at radius 2 is 1.78 bits per heavy atom. The lowest BCUT2D eigenvalue weighted by Crippen LogP contribution is -2.35. The van der Waals surface area contributed by atoms with E-state index in [1.54, 1.807) is 47.4 Å². The summed E-state index contributed by atoms with van der Waals surface area (Å²) in [5, 5.41) is 12.4. The zero-order chi connectivity index (χ0) is 16.2. The van der Waals surface area contributed by atoms with Gasteiger partial charge < -0.3 is 15.3 Å². The molecule has 0 radical (unpaired) electrons. The van der Waals surface area contributed by atoms with Crippen molar-refractivity contribution in [1.29, 1.82) is 0 Å². The van der Waals surface area contributed by atoms with Crippen LogP contribution in [0.1, 0.15) is 29.6 Å². The molecular formula is C18H18N2O3. The lowest BCUT2D eigenvalue weighted by atomic mass is 10.1. The largest absolute Gasteiger partial charge is 0.506 e. The number of amides is 2. The van der Waals surface area contributed by atoms with Crippen molar-refractivity contribution in [2.45, 2.75) is 19.3 Å². The highest BCUT2D eigenvalue weighted by atomic mass is 16.3. The Bertz CT molecular complexity index is 725. The molecule has 5 heteroatoms. The number of aromatic hydroxyl groups is 1. The number of hydrogen-bond donors (Lipinski definition) is 2. The molecule has 2 amide bonds. The van der Waals surface area contributed by atoms with Gasteiger partial charge in [-0.05, 0) is 49.2 Å². The first-order chi connectivity index (χ1) is 11.1. The van der Waals surface area contributed by atoms with Gasteiger partial charge in [-0.25, -0.2) is 0 Å². The summed E-state index contributed by atoms with van der Waals surface area (Å²) >= 11 is 0. The highest BCUT2D eigenvalue weighted by Crippen LogP contribution is 2.24. The molecule has 2 aromatic carbocycles. The van der Waals surface area contributed by atoms with E-state index in [2.05, 4.69) is 5.32 Å². The van der Waals surface area contributed by atoms with Crippen molar-refractivity contribution >= 4 is 23.2 Å². The number of nitrogens with zero attached hydrogens (tertiary/aromatic N) is 1. The third-order valence-corrected chi connectivity index (χ3v) is 3.92. The normalized spacial score (nSPS) is 14.6. The molecule has 0 aliphatic carbocycles. The molecule has 0 saturated carbocycles. The maximum absolute atomic E-state index is 12.2. The van der Waals surface area contributed by atoms with Crippen molar-refractivity contribution in [2.24, 2.45) is 0 Å². The smallest absolute Gasteiger partial charge is 0.255 e. The van der Waals surface area contributed by atoms with Crippen LogP contribution in [0.4, 0.5) is 11.4 Å². The van der Waals surface area contributed by atoms with E-state index < -0.39 is 0 Å². The van der Waals surface area contributed by atoms with Crippen LogP contribution in [-0.2, 0) is 4.79 Å². The van der Waals surface area contributed by atoms with E-state index in [-0.39, 0.29) is 17.6 Å². The van der Waals surface area contributed by atoms with E-state index in [9.17, 15) is 14.7 Å². The maximum atomic E-state index is 12.2. The first-order valence-corrected chi connectivity index (χ1v) is 7.65. The third-order valence-electron chi connectivity index (χ3n) is 3.92. The predicted molar refractivity (Wildman–Crippen MR) is 88.7 cm³/mol. The van der Waals surface area contributed by atoms with Crippen LogP contribution in [0.25, 0.3) is 0 Å². The Hall–Kier alpha value is -2.82. The number of benzene rings is 2. The molecule has 0 bridgehead atoms. The van der Waals surface area contributed by atoms with Crippen LogP contribution in [0.2, 0.25) is 0 Å². The van der Waals surface area contributed by atoms with E-state index in [1.807, 2.05) is 0 Å². The van der Waals surface area contributed by atoms with Crippen molar-refractivity contribution in [3.63, 3.8) is 0 Å². The third kappa shape index (κ3) is 3.34. The Labute approximate surface area is 134 Å².